The van der Waals surface area contributed by atoms with Crippen LogP contribution in [0.5, 0.6) is 11.5 Å². The van der Waals surface area contributed by atoms with Crippen molar-refractivity contribution in [2.24, 2.45) is 0 Å². The molecule has 2 aliphatic heterocycles. The zero-order valence-corrected chi connectivity index (χ0v) is 27.2. The van der Waals surface area contributed by atoms with Gasteiger partial charge >= 0.3 is 11.9 Å². The van der Waals surface area contributed by atoms with E-state index >= 15 is 0 Å². The van der Waals surface area contributed by atoms with E-state index in [0.29, 0.717) is 12.1 Å². The second kappa shape index (κ2) is 14.1. The summed E-state index contributed by atoms with van der Waals surface area (Å²) < 4.78 is 10.7. The second-order valence-corrected chi connectivity index (χ2v) is 12.6. The van der Waals surface area contributed by atoms with Gasteiger partial charge in [0, 0.05) is 60.1 Å². The lowest BCUT2D eigenvalue weighted by molar-refractivity contribution is -0.131. The van der Waals surface area contributed by atoms with Crippen molar-refractivity contribution in [3.63, 3.8) is 0 Å². The van der Waals surface area contributed by atoms with E-state index in [1.54, 1.807) is 36.7 Å². The van der Waals surface area contributed by atoms with E-state index < -0.39 is 11.9 Å². The number of esters is 2. The molecule has 2 saturated heterocycles. The molecule has 0 aliphatic carbocycles. The van der Waals surface area contributed by atoms with Crippen LogP contribution in [0.25, 0.3) is 22.3 Å². The van der Waals surface area contributed by atoms with E-state index in [-0.39, 0.29) is 21.5 Å². The van der Waals surface area contributed by atoms with Gasteiger partial charge in [0.15, 0.2) is 0 Å². The topological polar surface area (TPSA) is 84.9 Å². The highest BCUT2D eigenvalue weighted by Gasteiger charge is 2.24. The van der Waals surface area contributed by atoms with Crippen molar-refractivity contribution in [1.29, 1.82) is 0 Å². The fourth-order valence-corrected chi connectivity index (χ4v) is 6.64. The number of rotatable bonds is 8. The lowest BCUT2D eigenvalue weighted by Crippen LogP contribution is -2.17. The fourth-order valence-electron chi connectivity index (χ4n) is 6.21. The van der Waals surface area contributed by atoms with Crippen molar-refractivity contribution in [2.45, 2.75) is 37.8 Å². The smallest absolute Gasteiger partial charge is 0.336 e. The highest BCUT2D eigenvalue weighted by molar-refractivity contribution is 6.33. The predicted octanol–water partition coefficient (Wildman–Crippen LogP) is 7.72. The van der Waals surface area contributed by atoms with Gasteiger partial charge in [-0.2, -0.15) is 0 Å². The summed E-state index contributed by atoms with van der Waals surface area (Å²) in [5.41, 5.74) is 5.88. The number of benzene rings is 2. The van der Waals surface area contributed by atoms with Crippen LogP contribution in [0, 0.1) is 0 Å². The molecular weight excluding hydrogens is 623 g/mol. The maximum absolute atomic E-state index is 12.5. The Bertz CT molecular complexity index is 1670. The molecule has 0 radical (unpaired) electrons. The van der Waals surface area contributed by atoms with Gasteiger partial charge in [-0.05, 0) is 112 Å². The molecule has 4 aromatic rings. The Morgan fingerprint density at radius 3 is 1.48 bits per heavy atom. The molecule has 2 unspecified atom stereocenters. The third-order valence-electron chi connectivity index (χ3n) is 8.64. The van der Waals surface area contributed by atoms with Crippen molar-refractivity contribution in [3.05, 3.63) is 107 Å². The minimum Gasteiger partial charge on any atom is -0.422 e. The Kier molecular flexibility index (Phi) is 9.80. The van der Waals surface area contributed by atoms with Gasteiger partial charge in [-0.25, -0.2) is 9.59 Å². The van der Waals surface area contributed by atoms with Crippen molar-refractivity contribution < 1.29 is 19.1 Å². The van der Waals surface area contributed by atoms with E-state index in [1.807, 2.05) is 24.5 Å². The van der Waals surface area contributed by atoms with Crippen LogP contribution >= 0.6 is 23.2 Å². The Hall–Kier alpha value is -4.08. The van der Waals surface area contributed by atoms with Crippen molar-refractivity contribution in [3.8, 4) is 33.8 Å². The minimum atomic E-state index is -0.777. The predicted molar refractivity (Wildman–Crippen MR) is 179 cm³/mol. The number of nitrogens with zero attached hydrogens (tertiary/aromatic N) is 4. The molecular formula is C36H34Cl2N4O4. The number of hydrogen-bond acceptors (Lipinski definition) is 8. The molecule has 0 amide bonds. The number of halogens is 2. The van der Waals surface area contributed by atoms with Crippen LogP contribution in [0.3, 0.4) is 0 Å². The van der Waals surface area contributed by atoms with Crippen LogP contribution in [-0.2, 0) is 9.59 Å². The molecule has 46 heavy (non-hydrogen) atoms. The van der Waals surface area contributed by atoms with Crippen LogP contribution < -0.4 is 9.47 Å². The van der Waals surface area contributed by atoms with E-state index in [1.165, 1.54) is 0 Å². The molecule has 2 aliphatic rings. The monoisotopic (exact) mass is 656 g/mol. The maximum atomic E-state index is 12.5. The molecule has 10 heteroatoms. The molecule has 4 heterocycles. The average molecular weight is 658 g/mol. The van der Waals surface area contributed by atoms with Gasteiger partial charge in [0.05, 0.1) is 10.0 Å². The van der Waals surface area contributed by atoms with Gasteiger partial charge in [-0.3, -0.25) is 19.8 Å². The lowest BCUT2D eigenvalue weighted by atomic mass is 10.0. The summed E-state index contributed by atoms with van der Waals surface area (Å²) in [7, 11) is 4.25. The third-order valence-corrected chi connectivity index (χ3v) is 9.23. The van der Waals surface area contributed by atoms with E-state index in [9.17, 15) is 9.59 Å². The summed E-state index contributed by atoms with van der Waals surface area (Å²) in [4.78, 5) is 38.5. The highest BCUT2D eigenvalue weighted by atomic mass is 35.5. The van der Waals surface area contributed by atoms with Gasteiger partial charge in [0.25, 0.3) is 0 Å². The SMILES string of the molecule is CN1CCCC1c1cncc(-c2ccc(OC(=O)/C=C/C(=O)Oc3ccc(-c4cncc(C5CCCN5C)c4)cc3Cl)c(Cl)c2)c1. The van der Waals surface area contributed by atoms with Crippen LogP contribution in [0.1, 0.15) is 48.9 Å². The molecule has 0 spiro atoms. The minimum absolute atomic E-state index is 0.171. The Labute approximate surface area is 278 Å². The number of carbonyl (C=O) groups is 2. The highest BCUT2D eigenvalue weighted by Crippen LogP contribution is 2.36. The first kappa shape index (κ1) is 31.9. The van der Waals surface area contributed by atoms with Gasteiger partial charge in [0.1, 0.15) is 11.5 Å². The Morgan fingerprint density at radius 1 is 0.674 bits per heavy atom. The number of carbonyl (C=O) groups excluding carboxylic acids is 2. The number of likely N-dealkylation sites (tertiary alicyclic amines) is 2. The van der Waals surface area contributed by atoms with Crippen molar-refractivity contribution in [2.75, 3.05) is 27.2 Å². The molecule has 8 nitrogen and oxygen atoms in total. The van der Waals surface area contributed by atoms with Gasteiger partial charge in [-0.15, -0.1) is 0 Å². The first-order chi connectivity index (χ1) is 22.2. The molecule has 2 aromatic heterocycles. The first-order valence-electron chi connectivity index (χ1n) is 15.3. The van der Waals surface area contributed by atoms with E-state index in [0.717, 1.165) is 84.3 Å². The number of ether oxygens (including phenoxy) is 2. The molecule has 236 valence electrons. The van der Waals surface area contributed by atoms with Crippen LogP contribution in [0.15, 0.2) is 85.5 Å². The van der Waals surface area contributed by atoms with Gasteiger partial charge < -0.3 is 9.47 Å². The third kappa shape index (κ3) is 7.32. The van der Waals surface area contributed by atoms with Gasteiger partial charge in [-0.1, -0.05) is 35.3 Å². The zero-order valence-electron chi connectivity index (χ0n) is 25.7. The molecule has 6 rings (SSSR count). The van der Waals surface area contributed by atoms with Crippen LogP contribution in [0.2, 0.25) is 10.0 Å². The summed E-state index contributed by atoms with van der Waals surface area (Å²) in [6.45, 7) is 2.14. The van der Waals surface area contributed by atoms with Gasteiger partial charge in [0.2, 0.25) is 0 Å². The number of hydrogen-bond donors (Lipinski definition) is 0. The van der Waals surface area contributed by atoms with Crippen LogP contribution in [0.4, 0.5) is 0 Å². The molecule has 2 fully saturated rings. The normalized spacial score (nSPS) is 18.7. The summed E-state index contributed by atoms with van der Waals surface area (Å²) >= 11 is 12.9. The average Bonchev–Trinajstić information content (AvgIpc) is 3.69. The lowest BCUT2D eigenvalue weighted by Gasteiger charge is -2.20. The Morgan fingerprint density at radius 2 is 1.11 bits per heavy atom. The standard InChI is InChI=1S/C36H34Cl2N4O4/c1-41-13-3-5-31(41)27-15-25(19-39-21-27)23-7-9-33(29(37)17-23)45-35(43)11-12-36(44)46-34-10-8-24(18-30(34)38)26-16-28(22-40-20-26)32-6-4-14-42(32)2/h7-12,15-22,31-32H,3-6,13-14H2,1-2H3/b12-11+. The van der Waals surface area contributed by atoms with E-state index in [2.05, 4.69) is 46.0 Å². The summed E-state index contributed by atoms with van der Waals surface area (Å²) in [5.74, 6) is -1.21. The summed E-state index contributed by atoms with van der Waals surface area (Å²) in [6.07, 6.45) is 13.9. The zero-order chi connectivity index (χ0) is 32.2. The number of aromatic nitrogens is 2. The quantitative estimate of drug-likeness (QED) is 0.108. The molecule has 2 aromatic carbocycles. The van der Waals surface area contributed by atoms with Crippen molar-refractivity contribution in [1.82, 2.24) is 19.8 Å². The number of pyridine rings is 2. The Balaban J connectivity index is 1.06. The fraction of sp³-hybridized carbons (Fsp3) is 0.278. The summed E-state index contributed by atoms with van der Waals surface area (Å²) in [6, 6.07) is 15.3. The largest absolute Gasteiger partial charge is 0.422 e. The summed E-state index contributed by atoms with van der Waals surface area (Å²) in [5, 5.41) is 0.515. The van der Waals surface area contributed by atoms with Crippen LogP contribution in [-0.4, -0.2) is 58.9 Å². The molecule has 0 saturated carbocycles. The molecule has 0 N–H and O–H groups in total. The van der Waals surface area contributed by atoms with Crippen molar-refractivity contribution >= 4 is 35.1 Å². The molecule has 0 bridgehead atoms. The second-order valence-electron chi connectivity index (χ2n) is 11.8. The maximum Gasteiger partial charge on any atom is 0.336 e. The van der Waals surface area contributed by atoms with E-state index in [4.69, 9.17) is 32.7 Å². The first-order valence-corrected chi connectivity index (χ1v) is 16.0. The molecule has 2 atom stereocenters.